The second-order valence-corrected chi connectivity index (χ2v) is 7.64. The van der Waals surface area contributed by atoms with Gasteiger partial charge in [-0.2, -0.15) is 0 Å². The Morgan fingerprint density at radius 3 is 2.85 bits per heavy atom. The van der Waals surface area contributed by atoms with Crippen molar-refractivity contribution in [3.63, 3.8) is 0 Å². The number of thiophene rings is 1. The first-order valence-corrected chi connectivity index (χ1v) is 9.34. The number of aryl methyl sites for hydroxylation is 3. The number of nitrogens with zero attached hydrogens (tertiary/aromatic N) is 1. The molecule has 6 nitrogen and oxygen atoms in total. The fourth-order valence-electron chi connectivity index (χ4n) is 2.81. The van der Waals surface area contributed by atoms with Gasteiger partial charge in [0.15, 0.2) is 0 Å². The number of anilines is 1. The minimum Gasteiger partial charge on any atom is -0.389 e. The third-order valence-electron chi connectivity index (χ3n) is 4.41. The zero-order valence-corrected chi connectivity index (χ0v) is 16.0. The summed E-state index contributed by atoms with van der Waals surface area (Å²) in [6, 6.07) is 4.04. The van der Waals surface area contributed by atoms with E-state index in [1.54, 1.807) is 0 Å². The van der Waals surface area contributed by atoms with Gasteiger partial charge in [-0.1, -0.05) is 0 Å². The summed E-state index contributed by atoms with van der Waals surface area (Å²) in [6.07, 6.45) is -0.586. The van der Waals surface area contributed by atoms with Crippen LogP contribution in [0.1, 0.15) is 41.3 Å². The molecule has 8 heteroatoms. The van der Waals surface area contributed by atoms with E-state index in [9.17, 15) is 19.1 Å². The van der Waals surface area contributed by atoms with Crippen molar-refractivity contribution in [2.24, 2.45) is 0 Å². The minimum absolute atomic E-state index is 0.110. The van der Waals surface area contributed by atoms with E-state index in [4.69, 9.17) is 0 Å². The molecule has 2 heterocycles. The van der Waals surface area contributed by atoms with Crippen LogP contribution in [-0.2, 0) is 11.2 Å². The first-order chi connectivity index (χ1) is 12.8. The molecule has 142 valence electrons. The third kappa shape index (κ3) is 4.06. The van der Waals surface area contributed by atoms with Crippen LogP contribution in [0.2, 0.25) is 0 Å². The van der Waals surface area contributed by atoms with Crippen molar-refractivity contribution in [1.29, 1.82) is 0 Å². The van der Waals surface area contributed by atoms with E-state index in [-0.39, 0.29) is 29.9 Å². The van der Waals surface area contributed by atoms with Gasteiger partial charge in [0.05, 0.1) is 11.5 Å². The predicted molar refractivity (Wildman–Crippen MR) is 104 cm³/mol. The Kier molecular flexibility index (Phi) is 5.38. The fourth-order valence-corrected chi connectivity index (χ4v) is 3.86. The normalized spacial score (nSPS) is 12.3. The number of rotatable bonds is 5. The van der Waals surface area contributed by atoms with Crippen molar-refractivity contribution < 1.29 is 14.3 Å². The second kappa shape index (κ2) is 7.58. The lowest BCUT2D eigenvalue weighted by Crippen LogP contribution is -2.16. The number of hydrogen-bond donors (Lipinski definition) is 3. The number of amides is 1. The van der Waals surface area contributed by atoms with E-state index < -0.39 is 11.9 Å². The molecule has 0 spiro atoms. The van der Waals surface area contributed by atoms with E-state index in [1.165, 1.54) is 36.5 Å². The summed E-state index contributed by atoms with van der Waals surface area (Å²) in [7, 11) is 0. The number of nitrogens with one attached hydrogen (secondary N) is 2. The molecule has 1 amide bonds. The van der Waals surface area contributed by atoms with Crippen molar-refractivity contribution in [3.05, 3.63) is 56.2 Å². The monoisotopic (exact) mass is 389 g/mol. The lowest BCUT2D eigenvalue weighted by molar-refractivity contribution is -0.116. The van der Waals surface area contributed by atoms with Crippen LogP contribution in [0.3, 0.4) is 0 Å². The molecule has 1 aromatic carbocycles. The SMILES string of the molecule is Cc1sc2nc(CCC(=O)Nc3ccc(F)c(C(C)O)c3)[nH]c(=O)c2c1C. The Morgan fingerprint density at radius 2 is 2.15 bits per heavy atom. The molecule has 0 radical (unpaired) electrons. The topological polar surface area (TPSA) is 95.1 Å². The Hall–Kier alpha value is -2.58. The van der Waals surface area contributed by atoms with Crippen molar-refractivity contribution in [1.82, 2.24) is 9.97 Å². The van der Waals surface area contributed by atoms with E-state index in [0.717, 1.165) is 10.4 Å². The molecular weight excluding hydrogens is 369 g/mol. The molecule has 0 aliphatic carbocycles. The van der Waals surface area contributed by atoms with E-state index >= 15 is 0 Å². The molecule has 1 atom stereocenters. The maximum absolute atomic E-state index is 13.6. The zero-order chi connectivity index (χ0) is 19.7. The first kappa shape index (κ1) is 19.2. The molecule has 3 rings (SSSR count). The van der Waals surface area contributed by atoms with Gasteiger partial charge in [0.1, 0.15) is 16.5 Å². The molecule has 0 aliphatic heterocycles. The number of H-pyrrole nitrogens is 1. The van der Waals surface area contributed by atoms with Gasteiger partial charge < -0.3 is 15.4 Å². The molecule has 27 heavy (non-hydrogen) atoms. The smallest absolute Gasteiger partial charge is 0.259 e. The number of aromatic nitrogens is 2. The molecule has 3 N–H and O–H groups in total. The van der Waals surface area contributed by atoms with Gasteiger partial charge in [-0.25, -0.2) is 9.37 Å². The molecule has 3 aromatic rings. The van der Waals surface area contributed by atoms with Crippen molar-refractivity contribution >= 4 is 33.1 Å². The maximum Gasteiger partial charge on any atom is 0.259 e. The van der Waals surface area contributed by atoms with Gasteiger partial charge in [-0.05, 0) is 44.5 Å². The Bertz CT molecular complexity index is 1070. The highest BCUT2D eigenvalue weighted by molar-refractivity contribution is 7.18. The molecular formula is C19H20FN3O3S. The number of hydrogen-bond acceptors (Lipinski definition) is 5. The van der Waals surface area contributed by atoms with Crippen LogP contribution in [0.5, 0.6) is 0 Å². The highest BCUT2D eigenvalue weighted by Crippen LogP contribution is 2.26. The maximum atomic E-state index is 13.6. The third-order valence-corrected chi connectivity index (χ3v) is 5.51. The van der Waals surface area contributed by atoms with Gasteiger partial charge in [-0.3, -0.25) is 9.59 Å². The average Bonchev–Trinajstić information content (AvgIpc) is 2.89. The van der Waals surface area contributed by atoms with Gasteiger partial charge in [0, 0.05) is 29.0 Å². The van der Waals surface area contributed by atoms with Crippen LogP contribution in [-0.4, -0.2) is 21.0 Å². The number of aliphatic hydroxyl groups excluding tert-OH is 1. The van der Waals surface area contributed by atoms with Crippen LogP contribution in [0, 0.1) is 19.7 Å². The number of aromatic amines is 1. The van der Waals surface area contributed by atoms with Crippen LogP contribution in [0.15, 0.2) is 23.0 Å². The number of carbonyl (C=O) groups excluding carboxylic acids is 1. The summed E-state index contributed by atoms with van der Waals surface area (Å²) in [6.45, 7) is 5.29. The highest BCUT2D eigenvalue weighted by Gasteiger charge is 2.14. The number of carbonyl (C=O) groups is 1. The van der Waals surface area contributed by atoms with Crippen molar-refractivity contribution in [2.45, 2.75) is 39.7 Å². The summed E-state index contributed by atoms with van der Waals surface area (Å²) in [5, 5.41) is 12.8. The summed E-state index contributed by atoms with van der Waals surface area (Å²) in [5.74, 6) is -0.369. The van der Waals surface area contributed by atoms with Crippen LogP contribution in [0.25, 0.3) is 10.2 Å². The van der Waals surface area contributed by atoms with Gasteiger partial charge in [0.25, 0.3) is 5.56 Å². The predicted octanol–water partition coefficient (Wildman–Crippen LogP) is 3.37. The van der Waals surface area contributed by atoms with Gasteiger partial charge >= 0.3 is 0 Å². The number of aliphatic hydroxyl groups is 1. The Balaban J connectivity index is 1.70. The molecule has 2 aromatic heterocycles. The molecule has 0 saturated carbocycles. The number of fused-ring (bicyclic) bond motifs is 1. The lowest BCUT2D eigenvalue weighted by atomic mass is 10.1. The van der Waals surface area contributed by atoms with Crippen molar-refractivity contribution in [2.75, 3.05) is 5.32 Å². The minimum atomic E-state index is -0.972. The molecule has 0 aliphatic rings. The molecule has 0 saturated heterocycles. The molecule has 0 bridgehead atoms. The highest BCUT2D eigenvalue weighted by atomic mass is 32.1. The first-order valence-electron chi connectivity index (χ1n) is 8.52. The Morgan fingerprint density at radius 1 is 1.41 bits per heavy atom. The zero-order valence-electron chi connectivity index (χ0n) is 15.2. The average molecular weight is 389 g/mol. The van der Waals surface area contributed by atoms with Crippen LogP contribution in [0.4, 0.5) is 10.1 Å². The Labute approximate surface area is 159 Å². The fraction of sp³-hybridized carbons (Fsp3) is 0.316. The largest absolute Gasteiger partial charge is 0.389 e. The number of halogens is 1. The van der Waals surface area contributed by atoms with E-state index in [1.807, 2.05) is 13.8 Å². The van der Waals surface area contributed by atoms with Gasteiger partial charge in [-0.15, -0.1) is 11.3 Å². The molecule has 1 unspecified atom stereocenters. The van der Waals surface area contributed by atoms with Gasteiger partial charge in [0.2, 0.25) is 5.91 Å². The van der Waals surface area contributed by atoms with Crippen molar-refractivity contribution in [3.8, 4) is 0 Å². The summed E-state index contributed by atoms with van der Waals surface area (Å²) >= 11 is 1.46. The summed E-state index contributed by atoms with van der Waals surface area (Å²) < 4.78 is 13.6. The lowest BCUT2D eigenvalue weighted by Gasteiger charge is -2.10. The number of benzene rings is 1. The quantitative estimate of drug-likeness (QED) is 0.623. The summed E-state index contributed by atoms with van der Waals surface area (Å²) in [5.41, 5.74) is 1.25. The summed E-state index contributed by atoms with van der Waals surface area (Å²) in [4.78, 5) is 33.3. The van der Waals surface area contributed by atoms with E-state index in [2.05, 4.69) is 15.3 Å². The van der Waals surface area contributed by atoms with Crippen LogP contribution >= 0.6 is 11.3 Å². The molecule has 0 fully saturated rings. The van der Waals surface area contributed by atoms with Crippen LogP contribution < -0.4 is 10.9 Å². The second-order valence-electron chi connectivity index (χ2n) is 6.44. The van der Waals surface area contributed by atoms with E-state index in [0.29, 0.717) is 21.7 Å². The standard InChI is InChI=1S/C19H20FN3O3S/c1-9-11(3)27-19-17(9)18(26)22-15(23-19)6-7-16(25)21-12-4-5-14(20)13(8-12)10(2)24/h4-5,8,10,24H,6-7H2,1-3H3,(H,21,25)(H,22,23,26).